The van der Waals surface area contributed by atoms with Crippen molar-refractivity contribution in [3.63, 3.8) is 0 Å². The number of likely N-dealkylation sites (N-methyl/N-ethyl adjacent to an activating group) is 1. The summed E-state index contributed by atoms with van der Waals surface area (Å²) in [5.74, 6) is 0.641. The fraction of sp³-hybridized carbons (Fsp3) is 0.568. The molecule has 2 atom stereocenters. The molecule has 0 unspecified atom stereocenters. The average Bonchev–Trinajstić information content (AvgIpc) is 3.71. The predicted octanol–water partition coefficient (Wildman–Crippen LogP) is 4.86. The van der Waals surface area contributed by atoms with Crippen molar-refractivity contribution < 1.29 is 26.4 Å². The van der Waals surface area contributed by atoms with Gasteiger partial charge in [0.05, 0.1) is 18.1 Å². The van der Waals surface area contributed by atoms with Gasteiger partial charge in [0, 0.05) is 94.8 Å². The number of anilines is 2. The third-order valence-electron chi connectivity index (χ3n) is 10.8. The molecular formula is C37H49F3N10O3S2. The second kappa shape index (κ2) is 16.2. The van der Waals surface area contributed by atoms with Crippen LogP contribution >= 0.6 is 11.3 Å². The third kappa shape index (κ3) is 9.01. The summed E-state index contributed by atoms with van der Waals surface area (Å²) >= 11 is 1.04. The Balaban J connectivity index is 1.14. The topological polar surface area (TPSA) is 143 Å². The third-order valence-corrected chi connectivity index (χ3v) is 13.2. The Morgan fingerprint density at radius 3 is 2.47 bits per heavy atom. The summed E-state index contributed by atoms with van der Waals surface area (Å²) < 4.78 is 67.9. The van der Waals surface area contributed by atoms with Crippen molar-refractivity contribution in [2.45, 2.75) is 76.9 Å². The molecule has 6 rings (SSSR count). The van der Waals surface area contributed by atoms with Crippen molar-refractivity contribution >= 4 is 60.2 Å². The van der Waals surface area contributed by atoms with Crippen LogP contribution in [0.5, 0.6) is 0 Å². The van der Waals surface area contributed by atoms with Gasteiger partial charge in [-0.15, -0.1) is 11.3 Å². The molecule has 1 aromatic carbocycles. The molecule has 3 aromatic heterocycles. The lowest BCUT2D eigenvalue weighted by Gasteiger charge is -2.43. The van der Waals surface area contributed by atoms with Gasteiger partial charge in [-0.3, -0.25) is 14.6 Å². The smallest absolute Gasteiger partial charge is 0.367 e. The number of nitrogens with zero attached hydrogens (tertiary/aromatic N) is 8. The number of piperazine rings is 1. The van der Waals surface area contributed by atoms with Crippen LogP contribution in [0.2, 0.25) is 0 Å². The first kappa shape index (κ1) is 40.6. The summed E-state index contributed by atoms with van der Waals surface area (Å²) in [6.07, 6.45) is -1.75. The molecule has 0 radical (unpaired) electrons. The number of nitrogens with one attached hydrogen (secondary N) is 2. The summed E-state index contributed by atoms with van der Waals surface area (Å²) in [6.45, 7) is 8.02. The number of rotatable bonds is 12. The summed E-state index contributed by atoms with van der Waals surface area (Å²) in [5.41, 5.74) is 3.78. The number of hydrogen-bond donors (Lipinski definition) is 2. The van der Waals surface area contributed by atoms with Crippen LogP contribution in [0.25, 0.3) is 21.1 Å². The summed E-state index contributed by atoms with van der Waals surface area (Å²) in [6, 6.07) is 9.34. The van der Waals surface area contributed by atoms with Crippen molar-refractivity contribution in [1.29, 1.82) is 5.26 Å². The number of halogens is 3. The lowest BCUT2D eigenvalue weighted by molar-refractivity contribution is -0.135. The predicted molar refractivity (Wildman–Crippen MR) is 210 cm³/mol. The molecule has 1 amide bonds. The molecule has 5 heterocycles. The lowest BCUT2D eigenvalue weighted by atomic mass is 10.0. The van der Waals surface area contributed by atoms with Crippen molar-refractivity contribution in [3.05, 3.63) is 46.0 Å². The van der Waals surface area contributed by atoms with E-state index in [1.165, 1.54) is 14.8 Å². The highest BCUT2D eigenvalue weighted by molar-refractivity contribution is 7.88. The fourth-order valence-electron chi connectivity index (χ4n) is 7.86. The van der Waals surface area contributed by atoms with E-state index in [1.807, 2.05) is 10.6 Å². The van der Waals surface area contributed by atoms with E-state index in [0.29, 0.717) is 40.8 Å². The van der Waals surface area contributed by atoms with Crippen LogP contribution in [-0.4, -0.2) is 132 Å². The Labute approximate surface area is 324 Å². The molecule has 13 nitrogen and oxygen atoms in total. The second-order valence-corrected chi connectivity index (χ2v) is 17.8. The first-order chi connectivity index (χ1) is 26.0. The van der Waals surface area contributed by atoms with Crippen molar-refractivity contribution in [1.82, 2.24) is 33.5 Å². The number of alkyl halides is 3. The van der Waals surface area contributed by atoms with Gasteiger partial charge in [0.1, 0.15) is 28.5 Å². The average molecular weight is 803 g/mol. The van der Waals surface area contributed by atoms with Gasteiger partial charge in [-0.05, 0) is 55.5 Å². The van der Waals surface area contributed by atoms with E-state index < -0.39 is 28.7 Å². The van der Waals surface area contributed by atoms with Crippen LogP contribution in [-0.2, 0) is 34.3 Å². The molecule has 55 heavy (non-hydrogen) atoms. The van der Waals surface area contributed by atoms with Crippen molar-refractivity contribution in [2.75, 3.05) is 70.8 Å². The number of benzene rings is 1. The number of aryl methyl sites for hydroxylation is 1. The number of amides is 1. The van der Waals surface area contributed by atoms with E-state index in [1.54, 1.807) is 27.2 Å². The van der Waals surface area contributed by atoms with Gasteiger partial charge in [-0.1, -0.05) is 13.0 Å². The van der Waals surface area contributed by atoms with E-state index >= 15 is 0 Å². The van der Waals surface area contributed by atoms with Crippen LogP contribution in [0.3, 0.4) is 0 Å². The molecule has 4 aromatic rings. The van der Waals surface area contributed by atoms with Crippen LogP contribution in [0, 0.1) is 18.3 Å². The van der Waals surface area contributed by atoms with Crippen molar-refractivity contribution in [3.8, 4) is 6.07 Å². The number of fused-ring (bicyclic) bond motifs is 2. The molecule has 2 N–H and O–H groups in total. The molecule has 0 saturated carbocycles. The number of carbonyl (C=O) groups is 1. The Bertz CT molecular complexity index is 2190. The Hall–Kier alpha value is -4.02. The van der Waals surface area contributed by atoms with E-state index in [0.717, 1.165) is 73.0 Å². The lowest BCUT2D eigenvalue weighted by Crippen LogP contribution is -2.62. The summed E-state index contributed by atoms with van der Waals surface area (Å²) in [7, 11) is 1.37. The minimum absolute atomic E-state index is 0.0262. The van der Waals surface area contributed by atoms with E-state index in [-0.39, 0.29) is 36.0 Å². The quantitative estimate of drug-likeness (QED) is 0.204. The number of carbonyl (C=O) groups excluding carboxylic acids is 1. The van der Waals surface area contributed by atoms with Crippen LogP contribution in [0.4, 0.5) is 24.9 Å². The van der Waals surface area contributed by atoms with Crippen molar-refractivity contribution in [2.24, 2.45) is 0 Å². The Morgan fingerprint density at radius 2 is 1.85 bits per heavy atom. The highest BCUT2D eigenvalue weighted by atomic mass is 32.2. The Morgan fingerprint density at radius 1 is 1.13 bits per heavy atom. The number of thiophene rings is 1. The Kier molecular flexibility index (Phi) is 12.0. The fourth-order valence-corrected chi connectivity index (χ4v) is 9.95. The SMILES string of the molecule is CC[C@@H](Cn1c(C#N)cc2c(C)c(CN3CCC(Nc4nc(NC)nc5sc(CC(F)(F)F)cc45)CC3)ccc21)N1CCN(S(C)(=O)=O)[C@H](C(=O)N(C)C)C1. The minimum Gasteiger partial charge on any atom is -0.367 e. The highest BCUT2D eigenvalue weighted by Gasteiger charge is 2.40. The van der Waals surface area contributed by atoms with Gasteiger partial charge in [-0.2, -0.15) is 27.7 Å². The maximum Gasteiger partial charge on any atom is 0.393 e. The zero-order valence-corrected chi connectivity index (χ0v) is 33.7. The molecule has 298 valence electrons. The summed E-state index contributed by atoms with van der Waals surface area (Å²) in [5, 5.41) is 18.2. The van der Waals surface area contributed by atoms with Gasteiger partial charge in [0.15, 0.2) is 0 Å². The largest absolute Gasteiger partial charge is 0.393 e. The number of aromatic nitrogens is 3. The molecule has 0 aliphatic carbocycles. The van der Waals surface area contributed by atoms with E-state index in [2.05, 4.69) is 62.5 Å². The van der Waals surface area contributed by atoms with Gasteiger partial charge >= 0.3 is 6.18 Å². The molecule has 18 heteroatoms. The highest BCUT2D eigenvalue weighted by Crippen LogP contribution is 2.35. The molecular weight excluding hydrogens is 754 g/mol. The second-order valence-electron chi connectivity index (χ2n) is 14.8. The normalized spacial score (nSPS) is 18.8. The minimum atomic E-state index is -4.30. The summed E-state index contributed by atoms with van der Waals surface area (Å²) in [4.78, 5) is 28.8. The number of sulfonamides is 1. The van der Waals surface area contributed by atoms with Gasteiger partial charge in [-0.25, -0.2) is 13.4 Å². The zero-order chi connectivity index (χ0) is 39.8. The molecule has 2 fully saturated rings. The van der Waals surface area contributed by atoms with Crippen LogP contribution in [0.1, 0.15) is 47.9 Å². The number of likely N-dealkylation sites (tertiary alicyclic amines) is 1. The van der Waals surface area contributed by atoms with Gasteiger partial charge in [0.2, 0.25) is 21.9 Å². The standard InChI is InChI=1S/C37H49F3N10O3S2/c1-7-26(48-14-15-50(55(6,52)53)32(22-48)35(51)46(4)5)21-49-27(19-41)16-29-23(2)24(8-9-31(29)49)20-47-12-10-25(11-13-47)43-33-30-17-28(18-37(38,39)40)54-34(30)45-36(42-3)44-33/h8-9,16-17,25-26,32H,7,10-15,18,20-22H2,1-6H3,(H2,42,43,44,45)/t26-,32-/m0/s1. The zero-order valence-electron chi connectivity index (χ0n) is 32.1. The van der Waals surface area contributed by atoms with E-state index in [9.17, 15) is 31.6 Å². The molecule has 2 saturated heterocycles. The molecule has 0 spiro atoms. The monoisotopic (exact) mass is 802 g/mol. The first-order valence-corrected chi connectivity index (χ1v) is 21.1. The number of nitriles is 1. The number of hydrogen-bond acceptors (Lipinski definition) is 11. The molecule has 2 aliphatic heterocycles. The van der Waals surface area contributed by atoms with Crippen LogP contribution in [0.15, 0.2) is 24.3 Å². The van der Waals surface area contributed by atoms with Gasteiger partial charge < -0.3 is 20.1 Å². The van der Waals surface area contributed by atoms with Gasteiger partial charge in [0.25, 0.3) is 0 Å². The van der Waals surface area contributed by atoms with E-state index in [4.69, 9.17) is 0 Å². The van der Waals surface area contributed by atoms with Crippen LogP contribution < -0.4 is 10.6 Å². The molecule has 2 aliphatic rings. The molecule has 0 bridgehead atoms. The first-order valence-electron chi connectivity index (χ1n) is 18.5. The maximum absolute atomic E-state index is 13.1. The number of piperidine rings is 1. The maximum atomic E-state index is 13.1.